The number of alkyl halides is 2. The number of aromatic nitrogens is 3. The molecule has 4 aromatic rings. The Morgan fingerprint density at radius 3 is 2.61 bits per heavy atom. The molecule has 0 unspecified atom stereocenters. The van der Waals surface area contributed by atoms with Crippen LogP contribution in [0.4, 0.5) is 14.7 Å². The number of nitrogens with zero attached hydrogens (tertiary/aromatic N) is 3. The van der Waals surface area contributed by atoms with Crippen molar-refractivity contribution in [3.63, 3.8) is 0 Å². The highest BCUT2D eigenvalue weighted by Crippen LogP contribution is 2.32. The van der Waals surface area contributed by atoms with E-state index in [0.717, 1.165) is 6.92 Å². The Hall–Kier alpha value is -3.85. The van der Waals surface area contributed by atoms with E-state index >= 15 is 0 Å². The lowest BCUT2D eigenvalue weighted by Crippen LogP contribution is -2.18. The van der Waals surface area contributed by atoms with Crippen molar-refractivity contribution in [2.24, 2.45) is 0 Å². The first-order valence-electron chi connectivity index (χ1n) is 10.3. The molecule has 0 amide bonds. The van der Waals surface area contributed by atoms with Crippen LogP contribution in [0, 0.1) is 0 Å². The molecule has 0 bridgehead atoms. The number of anilines is 1. The van der Waals surface area contributed by atoms with Gasteiger partial charge in [0.2, 0.25) is 5.95 Å². The van der Waals surface area contributed by atoms with Crippen molar-refractivity contribution in [2.45, 2.75) is 25.5 Å². The number of fused-ring (bicyclic) bond motifs is 1. The lowest BCUT2D eigenvalue weighted by Gasteiger charge is -2.18. The highest BCUT2D eigenvalue weighted by molar-refractivity contribution is 5.93. The molecular weight excluding hydrogens is 430 g/mol. The predicted molar refractivity (Wildman–Crippen MR) is 119 cm³/mol. The molecule has 7 nitrogen and oxygen atoms in total. The van der Waals surface area contributed by atoms with Crippen molar-refractivity contribution in [1.29, 1.82) is 0 Å². The van der Waals surface area contributed by atoms with Crippen LogP contribution in [0.1, 0.15) is 40.2 Å². The number of pyridine rings is 1. The molecule has 0 spiro atoms. The molecule has 0 saturated heterocycles. The van der Waals surface area contributed by atoms with Crippen molar-refractivity contribution in [3.8, 4) is 0 Å². The number of carbonyl (C=O) groups is 1. The van der Waals surface area contributed by atoms with E-state index in [0.29, 0.717) is 28.2 Å². The zero-order valence-corrected chi connectivity index (χ0v) is 17.7. The molecule has 9 heteroatoms. The molecule has 0 fully saturated rings. The van der Waals surface area contributed by atoms with Crippen molar-refractivity contribution in [2.75, 3.05) is 11.9 Å². The number of carboxylic acids is 1. The average molecular weight is 452 g/mol. The summed E-state index contributed by atoms with van der Waals surface area (Å²) in [7, 11) is 0. The minimum absolute atomic E-state index is 0.0627. The number of halogens is 2. The Balaban J connectivity index is 1.73. The van der Waals surface area contributed by atoms with E-state index in [1.165, 1.54) is 18.2 Å². The molecule has 0 aliphatic carbocycles. The van der Waals surface area contributed by atoms with E-state index < -0.39 is 18.0 Å². The number of nitrogens with one attached hydrogen (secondary N) is 1. The quantitative estimate of drug-likeness (QED) is 0.366. The SMILES string of the molecule is CC(F)(F)c1ccccc1Cn1c(NC[C@@H](O)c2ccccn2)nc2cc(C(=O)O)ccc21. The van der Waals surface area contributed by atoms with Gasteiger partial charge in [-0.15, -0.1) is 0 Å². The third kappa shape index (κ3) is 4.83. The smallest absolute Gasteiger partial charge is 0.335 e. The second-order valence-corrected chi connectivity index (χ2v) is 7.73. The van der Waals surface area contributed by atoms with E-state index in [4.69, 9.17) is 0 Å². The number of carboxylic acid groups (broad SMARTS) is 1. The topological polar surface area (TPSA) is 100 Å². The normalized spacial score (nSPS) is 12.6. The van der Waals surface area contributed by atoms with Crippen LogP contribution in [-0.4, -0.2) is 37.3 Å². The summed E-state index contributed by atoms with van der Waals surface area (Å²) in [4.78, 5) is 20.0. The van der Waals surface area contributed by atoms with E-state index in [1.54, 1.807) is 53.2 Å². The minimum Gasteiger partial charge on any atom is -0.478 e. The summed E-state index contributed by atoms with van der Waals surface area (Å²) >= 11 is 0. The number of aliphatic hydroxyl groups excluding tert-OH is 1. The number of aliphatic hydroxyl groups is 1. The van der Waals surface area contributed by atoms with Gasteiger partial charge in [0.1, 0.15) is 6.10 Å². The Bertz CT molecular complexity index is 1290. The first-order valence-corrected chi connectivity index (χ1v) is 10.3. The zero-order chi connectivity index (χ0) is 23.6. The molecule has 0 saturated carbocycles. The summed E-state index contributed by atoms with van der Waals surface area (Å²) < 4.78 is 30.1. The van der Waals surface area contributed by atoms with E-state index in [-0.39, 0.29) is 24.2 Å². The summed E-state index contributed by atoms with van der Waals surface area (Å²) in [6, 6.07) is 15.9. The van der Waals surface area contributed by atoms with Gasteiger partial charge in [-0.05, 0) is 35.9 Å². The summed E-state index contributed by atoms with van der Waals surface area (Å²) in [5.41, 5.74) is 1.80. The van der Waals surface area contributed by atoms with Gasteiger partial charge in [0.05, 0.1) is 28.8 Å². The molecule has 3 N–H and O–H groups in total. The standard InChI is InChI=1S/C24H22F2N4O3/c1-24(25,26)17-7-3-2-6-16(17)14-30-20-10-9-15(22(32)33)12-19(20)29-23(30)28-13-21(31)18-8-4-5-11-27-18/h2-12,21,31H,13-14H2,1H3,(H,28,29)(H,32,33)/t21-/m1/s1. The second kappa shape index (κ2) is 8.95. The number of rotatable bonds is 8. The summed E-state index contributed by atoms with van der Waals surface area (Å²) in [5.74, 6) is -3.81. The Morgan fingerprint density at radius 1 is 1.15 bits per heavy atom. The minimum atomic E-state index is -3.04. The zero-order valence-electron chi connectivity index (χ0n) is 17.7. The van der Waals surface area contributed by atoms with E-state index in [2.05, 4.69) is 15.3 Å². The van der Waals surface area contributed by atoms with E-state index in [1.807, 2.05) is 0 Å². The van der Waals surface area contributed by atoms with Crippen LogP contribution in [-0.2, 0) is 12.5 Å². The highest BCUT2D eigenvalue weighted by atomic mass is 19.3. The molecular formula is C24H22F2N4O3. The molecule has 2 heterocycles. The van der Waals surface area contributed by atoms with Gasteiger partial charge in [-0.25, -0.2) is 18.6 Å². The average Bonchev–Trinajstić information content (AvgIpc) is 3.14. The summed E-state index contributed by atoms with van der Waals surface area (Å²) in [6.07, 6.45) is 0.643. The first-order chi connectivity index (χ1) is 15.7. The van der Waals surface area contributed by atoms with Crippen molar-refractivity contribution in [3.05, 3.63) is 89.2 Å². The summed E-state index contributed by atoms with van der Waals surface area (Å²) in [6.45, 7) is 0.988. The van der Waals surface area contributed by atoms with Crippen LogP contribution in [0.3, 0.4) is 0 Å². The van der Waals surface area contributed by atoms with Crippen LogP contribution in [0.5, 0.6) is 0 Å². The van der Waals surface area contributed by atoms with Crippen LogP contribution < -0.4 is 5.32 Å². The van der Waals surface area contributed by atoms with Crippen LogP contribution >= 0.6 is 0 Å². The molecule has 2 aromatic heterocycles. The lowest BCUT2D eigenvalue weighted by atomic mass is 10.0. The number of aromatic carboxylic acids is 1. The molecule has 0 aliphatic rings. The molecule has 2 aromatic carbocycles. The molecule has 0 radical (unpaired) electrons. The predicted octanol–water partition coefficient (Wildman–Crippen LogP) is 4.44. The van der Waals surface area contributed by atoms with Gasteiger partial charge in [0, 0.05) is 25.2 Å². The van der Waals surface area contributed by atoms with Crippen LogP contribution in [0.25, 0.3) is 11.0 Å². The van der Waals surface area contributed by atoms with E-state index in [9.17, 15) is 23.8 Å². The first kappa shape index (κ1) is 22.3. The molecule has 170 valence electrons. The number of benzene rings is 2. The third-order valence-electron chi connectivity index (χ3n) is 5.30. The maximum absolute atomic E-state index is 14.2. The van der Waals surface area contributed by atoms with Crippen molar-refractivity contribution >= 4 is 23.0 Å². The molecule has 33 heavy (non-hydrogen) atoms. The fourth-order valence-corrected chi connectivity index (χ4v) is 3.68. The number of hydrogen-bond acceptors (Lipinski definition) is 5. The van der Waals surface area contributed by atoms with Gasteiger partial charge in [-0.1, -0.05) is 30.3 Å². The Labute approximate surface area is 188 Å². The van der Waals surface area contributed by atoms with Gasteiger partial charge < -0.3 is 20.1 Å². The monoisotopic (exact) mass is 452 g/mol. The largest absolute Gasteiger partial charge is 0.478 e. The lowest BCUT2D eigenvalue weighted by molar-refractivity contribution is 0.0164. The van der Waals surface area contributed by atoms with Gasteiger partial charge in [0.15, 0.2) is 0 Å². The van der Waals surface area contributed by atoms with Gasteiger partial charge in [-0.2, -0.15) is 0 Å². The summed E-state index contributed by atoms with van der Waals surface area (Å²) in [5, 5.41) is 22.8. The maximum atomic E-state index is 14.2. The van der Waals surface area contributed by atoms with Gasteiger partial charge in [-0.3, -0.25) is 4.98 Å². The molecule has 0 aliphatic heterocycles. The molecule has 4 rings (SSSR count). The fourth-order valence-electron chi connectivity index (χ4n) is 3.68. The Kier molecular flexibility index (Phi) is 6.06. The highest BCUT2D eigenvalue weighted by Gasteiger charge is 2.27. The maximum Gasteiger partial charge on any atom is 0.335 e. The van der Waals surface area contributed by atoms with Crippen LogP contribution in [0.2, 0.25) is 0 Å². The third-order valence-corrected chi connectivity index (χ3v) is 5.30. The van der Waals surface area contributed by atoms with Gasteiger partial charge in [0.25, 0.3) is 5.92 Å². The number of hydrogen-bond donors (Lipinski definition) is 3. The van der Waals surface area contributed by atoms with Gasteiger partial charge >= 0.3 is 5.97 Å². The fraction of sp³-hybridized carbons (Fsp3) is 0.208. The second-order valence-electron chi connectivity index (χ2n) is 7.73. The van der Waals surface area contributed by atoms with Crippen LogP contribution in [0.15, 0.2) is 66.9 Å². The molecule has 1 atom stereocenters. The van der Waals surface area contributed by atoms with Crippen molar-refractivity contribution in [1.82, 2.24) is 14.5 Å². The Morgan fingerprint density at radius 2 is 1.91 bits per heavy atom. The van der Waals surface area contributed by atoms with Crippen molar-refractivity contribution < 1.29 is 23.8 Å². The number of imidazole rings is 1.